The first-order chi connectivity index (χ1) is 10.7. The molecule has 0 radical (unpaired) electrons. The normalized spacial score (nSPS) is 25.4. The van der Waals surface area contributed by atoms with Gasteiger partial charge < -0.3 is 4.74 Å². The van der Waals surface area contributed by atoms with Crippen molar-refractivity contribution in [1.82, 2.24) is 0 Å². The molecule has 1 aromatic carbocycles. The van der Waals surface area contributed by atoms with E-state index in [1.165, 1.54) is 18.4 Å². The average molecular weight is 316 g/mol. The lowest BCUT2D eigenvalue weighted by Crippen LogP contribution is -2.35. The van der Waals surface area contributed by atoms with E-state index in [0.29, 0.717) is 23.3 Å². The zero-order chi connectivity index (χ0) is 17.2. The van der Waals surface area contributed by atoms with Crippen molar-refractivity contribution in [3.8, 4) is 0 Å². The Bertz CT molecular complexity index is 522. The Kier molecular flexibility index (Phi) is 5.54. The van der Waals surface area contributed by atoms with Crippen LogP contribution in [-0.2, 0) is 10.2 Å². The van der Waals surface area contributed by atoms with Gasteiger partial charge in [-0.3, -0.25) is 0 Å². The summed E-state index contributed by atoms with van der Waals surface area (Å²) in [6.45, 7) is 13.3. The number of benzene rings is 1. The van der Waals surface area contributed by atoms with E-state index in [4.69, 9.17) is 4.74 Å². The average Bonchev–Trinajstić information content (AvgIpc) is 2.46. The zero-order valence-corrected chi connectivity index (χ0v) is 15.6. The van der Waals surface area contributed by atoms with Crippen molar-refractivity contribution in [3.05, 3.63) is 35.4 Å². The number of carbonyl (C=O) groups excluding carboxylic acids is 1. The largest absolute Gasteiger partial charge is 0.458 e. The van der Waals surface area contributed by atoms with Gasteiger partial charge in [-0.15, -0.1) is 0 Å². The lowest BCUT2D eigenvalue weighted by Gasteiger charge is -2.36. The highest BCUT2D eigenvalue weighted by atomic mass is 16.5. The summed E-state index contributed by atoms with van der Waals surface area (Å²) in [7, 11) is 0. The zero-order valence-electron chi connectivity index (χ0n) is 15.6. The second-order valence-corrected chi connectivity index (χ2v) is 8.60. The van der Waals surface area contributed by atoms with Gasteiger partial charge in [0.05, 0.1) is 5.56 Å². The molecule has 1 aliphatic carbocycles. The van der Waals surface area contributed by atoms with Crippen LogP contribution in [0.2, 0.25) is 0 Å². The molecule has 0 heterocycles. The smallest absolute Gasteiger partial charge is 0.338 e. The molecule has 2 rings (SSSR count). The molecule has 0 N–H and O–H groups in total. The Hall–Kier alpha value is -1.31. The van der Waals surface area contributed by atoms with Gasteiger partial charge in [-0.2, -0.15) is 0 Å². The molecule has 1 fully saturated rings. The molecule has 1 aromatic rings. The molecule has 1 saturated carbocycles. The van der Waals surface area contributed by atoms with Gasteiger partial charge in [0, 0.05) is 0 Å². The van der Waals surface area contributed by atoms with Gasteiger partial charge in [-0.1, -0.05) is 60.1 Å². The van der Waals surface area contributed by atoms with Crippen LogP contribution in [0.15, 0.2) is 24.3 Å². The first-order valence-corrected chi connectivity index (χ1v) is 9.00. The van der Waals surface area contributed by atoms with Crippen LogP contribution < -0.4 is 0 Å². The van der Waals surface area contributed by atoms with Gasteiger partial charge in [-0.25, -0.2) is 4.79 Å². The van der Waals surface area contributed by atoms with Crippen molar-refractivity contribution in [2.75, 3.05) is 0 Å². The molecule has 0 saturated heterocycles. The van der Waals surface area contributed by atoms with E-state index in [1.807, 2.05) is 24.3 Å². The van der Waals surface area contributed by atoms with Crippen LogP contribution in [0.1, 0.15) is 76.7 Å². The fraction of sp³-hybridized carbons (Fsp3) is 0.667. The van der Waals surface area contributed by atoms with Gasteiger partial charge >= 0.3 is 5.97 Å². The first kappa shape index (κ1) is 18.0. The number of rotatable bonds is 3. The van der Waals surface area contributed by atoms with Gasteiger partial charge in [0.1, 0.15) is 6.10 Å². The number of esters is 1. The van der Waals surface area contributed by atoms with E-state index in [9.17, 15) is 4.79 Å². The third kappa shape index (κ3) is 4.59. The van der Waals surface area contributed by atoms with E-state index in [2.05, 4.69) is 41.5 Å². The van der Waals surface area contributed by atoms with Gasteiger partial charge in [0.25, 0.3) is 0 Å². The summed E-state index contributed by atoms with van der Waals surface area (Å²) >= 11 is 0. The summed E-state index contributed by atoms with van der Waals surface area (Å²) in [6, 6.07) is 7.89. The van der Waals surface area contributed by atoms with Crippen molar-refractivity contribution in [1.29, 1.82) is 0 Å². The van der Waals surface area contributed by atoms with Crippen molar-refractivity contribution in [3.63, 3.8) is 0 Å². The Labute approximate surface area is 141 Å². The highest BCUT2D eigenvalue weighted by Gasteiger charge is 2.33. The maximum atomic E-state index is 12.5. The molecule has 23 heavy (non-hydrogen) atoms. The van der Waals surface area contributed by atoms with Crippen LogP contribution in [0.4, 0.5) is 0 Å². The summed E-state index contributed by atoms with van der Waals surface area (Å²) in [5, 5.41) is 0. The SMILES string of the molecule is CC(C)[C@@H]1CC[C@@H](C)C[C@H]1OC(=O)c1ccc(C(C)(C)C)cc1. The van der Waals surface area contributed by atoms with Crippen molar-refractivity contribution in [2.24, 2.45) is 17.8 Å². The molecular weight excluding hydrogens is 284 g/mol. The maximum Gasteiger partial charge on any atom is 0.338 e. The van der Waals surface area contributed by atoms with E-state index in [-0.39, 0.29) is 17.5 Å². The van der Waals surface area contributed by atoms with E-state index in [0.717, 1.165) is 6.42 Å². The Balaban J connectivity index is 2.08. The standard InChI is InChI=1S/C21H32O2/c1-14(2)18-12-7-15(3)13-19(18)23-20(22)16-8-10-17(11-9-16)21(4,5)6/h8-11,14-15,18-19H,7,12-13H2,1-6H3/t15-,18+,19-/m1/s1. The number of hydrogen-bond donors (Lipinski definition) is 0. The van der Waals surface area contributed by atoms with Crippen LogP contribution in [0.3, 0.4) is 0 Å². The van der Waals surface area contributed by atoms with Crippen molar-refractivity contribution < 1.29 is 9.53 Å². The fourth-order valence-corrected chi connectivity index (χ4v) is 3.56. The van der Waals surface area contributed by atoms with Gasteiger partial charge in [0.2, 0.25) is 0 Å². The lowest BCUT2D eigenvalue weighted by atomic mass is 9.75. The minimum Gasteiger partial charge on any atom is -0.458 e. The van der Waals surface area contributed by atoms with Gasteiger partial charge in [0.15, 0.2) is 0 Å². The van der Waals surface area contributed by atoms with Crippen LogP contribution in [0.5, 0.6) is 0 Å². The van der Waals surface area contributed by atoms with Crippen LogP contribution in [0.25, 0.3) is 0 Å². The summed E-state index contributed by atoms with van der Waals surface area (Å²) in [5.41, 5.74) is 2.00. The molecule has 1 aliphatic rings. The highest BCUT2D eigenvalue weighted by Crippen LogP contribution is 2.35. The predicted molar refractivity (Wildman–Crippen MR) is 95.7 cm³/mol. The third-order valence-electron chi connectivity index (χ3n) is 5.21. The minimum absolute atomic E-state index is 0.0635. The summed E-state index contributed by atoms with van der Waals surface area (Å²) in [4.78, 5) is 12.5. The summed E-state index contributed by atoms with van der Waals surface area (Å²) in [6.07, 6.45) is 3.47. The molecule has 0 amide bonds. The van der Waals surface area contributed by atoms with Crippen LogP contribution >= 0.6 is 0 Å². The second kappa shape index (κ2) is 7.07. The summed E-state index contributed by atoms with van der Waals surface area (Å²) in [5.74, 6) is 1.52. The topological polar surface area (TPSA) is 26.3 Å². The maximum absolute atomic E-state index is 12.5. The molecule has 0 bridgehead atoms. The molecule has 0 aliphatic heterocycles. The molecule has 0 unspecified atom stereocenters. The second-order valence-electron chi connectivity index (χ2n) is 8.60. The van der Waals surface area contributed by atoms with E-state index in [1.54, 1.807) is 0 Å². The van der Waals surface area contributed by atoms with E-state index >= 15 is 0 Å². The van der Waals surface area contributed by atoms with Crippen LogP contribution in [0, 0.1) is 17.8 Å². The lowest BCUT2D eigenvalue weighted by molar-refractivity contribution is -0.0174. The minimum atomic E-state index is -0.171. The molecule has 2 heteroatoms. The molecule has 128 valence electrons. The molecule has 3 atom stereocenters. The Morgan fingerprint density at radius 1 is 1.13 bits per heavy atom. The van der Waals surface area contributed by atoms with E-state index < -0.39 is 0 Å². The van der Waals surface area contributed by atoms with Gasteiger partial charge in [-0.05, 0) is 53.7 Å². The van der Waals surface area contributed by atoms with Crippen molar-refractivity contribution >= 4 is 5.97 Å². The first-order valence-electron chi connectivity index (χ1n) is 9.00. The van der Waals surface area contributed by atoms with Crippen LogP contribution in [-0.4, -0.2) is 12.1 Å². The molecular formula is C21H32O2. The predicted octanol–water partition coefficient (Wildman–Crippen LogP) is 5.60. The Morgan fingerprint density at radius 2 is 1.74 bits per heavy atom. The van der Waals surface area contributed by atoms with Crippen molar-refractivity contribution in [2.45, 2.75) is 72.3 Å². The Morgan fingerprint density at radius 3 is 2.26 bits per heavy atom. The summed E-state index contributed by atoms with van der Waals surface area (Å²) < 4.78 is 5.91. The molecule has 0 aromatic heterocycles. The third-order valence-corrected chi connectivity index (χ3v) is 5.21. The quantitative estimate of drug-likeness (QED) is 0.678. The monoisotopic (exact) mass is 316 g/mol. The molecule has 2 nitrogen and oxygen atoms in total. The fourth-order valence-electron chi connectivity index (χ4n) is 3.56. The number of ether oxygens (including phenoxy) is 1. The highest BCUT2D eigenvalue weighted by molar-refractivity contribution is 5.89. The number of hydrogen-bond acceptors (Lipinski definition) is 2. The molecule has 0 spiro atoms. The number of carbonyl (C=O) groups is 1.